The van der Waals surface area contributed by atoms with Gasteiger partial charge < -0.3 is 14.7 Å². The summed E-state index contributed by atoms with van der Waals surface area (Å²) in [5.74, 6) is 2.25. The Morgan fingerprint density at radius 2 is 2.18 bits per heavy atom. The quantitative estimate of drug-likeness (QED) is 0.855. The Kier molecular flexibility index (Phi) is 4.12. The van der Waals surface area contributed by atoms with Crippen LogP contribution in [0.1, 0.15) is 37.5 Å². The van der Waals surface area contributed by atoms with Crippen LogP contribution in [0.3, 0.4) is 0 Å². The van der Waals surface area contributed by atoms with Gasteiger partial charge in [0.15, 0.2) is 5.82 Å². The standard InChI is InChI=1S/C12H22N4O/c1-9(13-2)12-14-11(17-15-12)8-10-4-6-16(3)7-5-10/h9-10,13H,4-8H2,1-3H3. The van der Waals surface area contributed by atoms with E-state index in [-0.39, 0.29) is 6.04 Å². The fourth-order valence-corrected chi connectivity index (χ4v) is 2.17. The van der Waals surface area contributed by atoms with Crippen LogP contribution in [-0.4, -0.2) is 42.2 Å². The Balaban J connectivity index is 1.88. The highest BCUT2D eigenvalue weighted by Crippen LogP contribution is 2.20. The van der Waals surface area contributed by atoms with Crippen molar-refractivity contribution in [2.75, 3.05) is 27.2 Å². The molecule has 1 aliphatic heterocycles. The predicted molar refractivity (Wildman–Crippen MR) is 65.7 cm³/mol. The van der Waals surface area contributed by atoms with Gasteiger partial charge in [-0.2, -0.15) is 4.98 Å². The van der Waals surface area contributed by atoms with E-state index in [1.165, 1.54) is 25.9 Å². The molecule has 1 unspecified atom stereocenters. The number of hydrogen-bond donors (Lipinski definition) is 1. The van der Waals surface area contributed by atoms with Crippen molar-refractivity contribution in [1.29, 1.82) is 0 Å². The van der Waals surface area contributed by atoms with E-state index in [4.69, 9.17) is 4.52 Å². The summed E-state index contributed by atoms with van der Waals surface area (Å²) in [6.45, 7) is 4.39. The van der Waals surface area contributed by atoms with E-state index < -0.39 is 0 Å². The van der Waals surface area contributed by atoms with Crippen LogP contribution in [0.2, 0.25) is 0 Å². The average Bonchev–Trinajstić information content (AvgIpc) is 2.80. The molecule has 5 nitrogen and oxygen atoms in total. The van der Waals surface area contributed by atoms with Gasteiger partial charge in [-0.25, -0.2) is 0 Å². The molecular weight excluding hydrogens is 216 g/mol. The fraction of sp³-hybridized carbons (Fsp3) is 0.833. The summed E-state index contributed by atoms with van der Waals surface area (Å²) in [6.07, 6.45) is 3.39. The van der Waals surface area contributed by atoms with Gasteiger partial charge in [0.25, 0.3) is 0 Å². The molecule has 1 fully saturated rings. The molecule has 0 spiro atoms. The first-order valence-corrected chi connectivity index (χ1v) is 6.37. The van der Waals surface area contributed by atoms with E-state index in [0.29, 0.717) is 5.92 Å². The van der Waals surface area contributed by atoms with Crippen molar-refractivity contribution >= 4 is 0 Å². The van der Waals surface area contributed by atoms with Crippen LogP contribution in [-0.2, 0) is 6.42 Å². The van der Waals surface area contributed by atoms with Gasteiger partial charge in [0.2, 0.25) is 5.89 Å². The Morgan fingerprint density at radius 3 is 2.82 bits per heavy atom. The lowest BCUT2D eigenvalue weighted by molar-refractivity contribution is 0.208. The molecule has 96 valence electrons. The first-order chi connectivity index (χ1) is 8.19. The molecule has 1 aromatic rings. The van der Waals surface area contributed by atoms with Gasteiger partial charge in [-0.15, -0.1) is 0 Å². The number of piperidine rings is 1. The van der Waals surface area contributed by atoms with Gasteiger partial charge in [0.1, 0.15) is 0 Å². The average molecular weight is 238 g/mol. The van der Waals surface area contributed by atoms with Crippen LogP contribution in [0, 0.1) is 5.92 Å². The highest BCUT2D eigenvalue weighted by molar-refractivity contribution is 4.93. The van der Waals surface area contributed by atoms with Crippen LogP contribution in [0.4, 0.5) is 0 Å². The van der Waals surface area contributed by atoms with Crippen LogP contribution in [0.5, 0.6) is 0 Å². The number of aromatic nitrogens is 2. The fourth-order valence-electron chi connectivity index (χ4n) is 2.17. The second kappa shape index (κ2) is 5.60. The molecule has 0 amide bonds. The van der Waals surface area contributed by atoms with Crippen molar-refractivity contribution in [3.8, 4) is 0 Å². The second-order valence-corrected chi connectivity index (χ2v) is 5.01. The molecule has 0 aromatic carbocycles. The summed E-state index contributed by atoms with van der Waals surface area (Å²) in [4.78, 5) is 6.81. The molecule has 0 radical (unpaired) electrons. The molecule has 2 rings (SSSR count). The van der Waals surface area contributed by atoms with Crippen molar-refractivity contribution in [2.24, 2.45) is 5.92 Å². The Labute approximate surface area is 103 Å². The van der Waals surface area contributed by atoms with E-state index in [0.717, 1.165) is 18.1 Å². The molecule has 0 saturated carbocycles. The summed E-state index contributed by atoms with van der Waals surface area (Å²) in [7, 11) is 4.08. The smallest absolute Gasteiger partial charge is 0.226 e. The topological polar surface area (TPSA) is 54.2 Å². The predicted octanol–water partition coefficient (Wildman–Crippen LogP) is 1.23. The van der Waals surface area contributed by atoms with Gasteiger partial charge in [-0.05, 0) is 52.9 Å². The van der Waals surface area contributed by atoms with Crippen molar-refractivity contribution in [2.45, 2.75) is 32.2 Å². The number of hydrogen-bond acceptors (Lipinski definition) is 5. The van der Waals surface area contributed by atoms with E-state index in [1.807, 2.05) is 14.0 Å². The lowest BCUT2D eigenvalue weighted by Gasteiger charge is -2.27. The van der Waals surface area contributed by atoms with Gasteiger partial charge in [0.05, 0.1) is 6.04 Å². The van der Waals surface area contributed by atoms with Crippen LogP contribution >= 0.6 is 0 Å². The van der Waals surface area contributed by atoms with E-state index >= 15 is 0 Å². The highest BCUT2D eigenvalue weighted by atomic mass is 16.5. The number of likely N-dealkylation sites (tertiary alicyclic amines) is 1. The minimum Gasteiger partial charge on any atom is -0.339 e. The van der Waals surface area contributed by atoms with Crippen LogP contribution < -0.4 is 5.32 Å². The lowest BCUT2D eigenvalue weighted by Crippen LogP contribution is -2.31. The normalized spacial score (nSPS) is 20.6. The van der Waals surface area contributed by atoms with Gasteiger partial charge in [-0.1, -0.05) is 5.16 Å². The zero-order valence-corrected chi connectivity index (χ0v) is 10.9. The van der Waals surface area contributed by atoms with Gasteiger partial charge in [-0.3, -0.25) is 0 Å². The van der Waals surface area contributed by atoms with Crippen LogP contribution in [0.15, 0.2) is 4.52 Å². The van der Waals surface area contributed by atoms with E-state index in [9.17, 15) is 0 Å². The zero-order valence-electron chi connectivity index (χ0n) is 10.9. The van der Waals surface area contributed by atoms with Gasteiger partial charge >= 0.3 is 0 Å². The Hall–Kier alpha value is -0.940. The first-order valence-electron chi connectivity index (χ1n) is 6.37. The largest absolute Gasteiger partial charge is 0.339 e. The third-order valence-corrected chi connectivity index (χ3v) is 3.61. The maximum Gasteiger partial charge on any atom is 0.226 e. The molecule has 2 heterocycles. The molecule has 17 heavy (non-hydrogen) atoms. The number of nitrogens with one attached hydrogen (secondary N) is 1. The number of rotatable bonds is 4. The molecule has 5 heteroatoms. The second-order valence-electron chi connectivity index (χ2n) is 5.01. The third kappa shape index (κ3) is 3.26. The molecule has 1 N–H and O–H groups in total. The summed E-state index contributed by atoms with van der Waals surface area (Å²) in [6, 6.07) is 0.157. The molecule has 1 aliphatic rings. The van der Waals surface area contributed by atoms with Crippen LogP contribution in [0.25, 0.3) is 0 Å². The minimum absolute atomic E-state index is 0.157. The third-order valence-electron chi connectivity index (χ3n) is 3.61. The van der Waals surface area contributed by atoms with Crippen molar-refractivity contribution < 1.29 is 4.52 Å². The molecule has 1 atom stereocenters. The van der Waals surface area contributed by atoms with Crippen molar-refractivity contribution in [1.82, 2.24) is 20.4 Å². The minimum atomic E-state index is 0.157. The van der Waals surface area contributed by atoms with Crippen molar-refractivity contribution in [3.05, 3.63) is 11.7 Å². The SMILES string of the molecule is CNC(C)c1noc(CC2CCN(C)CC2)n1. The summed E-state index contributed by atoms with van der Waals surface area (Å²) in [5, 5.41) is 7.12. The maximum absolute atomic E-state index is 5.30. The monoisotopic (exact) mass is 238 g/mol. The van der Waals surface area contributed by atoms with E-state index in [1.54, 1.807) is 0 Å². The molecule has 1 aromatic heterocycles. The molecule has 0 bridgehead atoms. The molecule has 0 aliphatic carbocycles. The maximum atomic E-state index is 5.30. The molecule has 1 saturated heterocycles. The first kappa shape index (κ1) is 12.5. The summed E-state index contributed by atoms with van der Waals surface area (Å²) < 4.78 is 5.30. The Morgan fingerprint density at radius 1 is 1.47 bits per heavy atom. The highest BCUT2D eigenvalue weighted by Gasteiger charge is 2.20. The molecular formula is C12H22N4O. The van der Waals surface area contributed by atoms with Gasteiger partial charge in [0, 0.05) is 6.42 Å². The lowest BCUT2D eigenvalue weighted by atomic mass is 9.94. The van der Waals surface area contributed by atoms with Crippen molar-refractivity contribution in [3.63, 3.8) is 0 Å². The summed E-state index contributed by atoms with van der Waals surface area (Å²) in [5.41, 5.74) is 0. The Bertz CT molecular complexity index is 344. The number of nitrogens with zero attached hydrogens (tertiary/aromatic N) is 3. The zero-order chi connectivity index (χ0) is 12.3. The van der Waals surface area contributed by atoms with E-state index in [2.05, 4.69) is 27.4 Å². The summed E-state index contributed by atoms with van der Waals surface area (Å²) >= 11 is 0.